The molecule has 2 aromatic heterocycles. The summed E-state index contributed by atoms with van der Waals surface area (Å²) in [6, 6.07) is 4.62. The van der Waals surface area contributed by atoms with Crippen molar-refractivity contribution in [2.75, 3.05) is 20.3 Å². The summed E-state index contributed by atoms with van der Waals surface area (Å²) in [5.41, 5.74) is 1.67. The van der Waals surface area contributed by atoms with E-state index in [2.05, 4.69) is 23.9 Å². The van der Waals surface area contributed by atoms with Crippen LogP contribution in [0.2, 0.25) is 0 Å². The molecule has 2 aliphatic heterocycles. The molecule has 4 aliphatic rings. The van der Waals surface area contributed by atoms with Crippen LogP contribution in [0, 0.1) is 18.8 Å². The third kappa shape index (κ3) is 8.31. The van der Waals surface area contributed by atoms with E-state index in [0.717, 1.165) is 40.9 Å². The highest BCUT2D eigenvalue weighted by Crippen LogP contribution is 2.46. The van der Waals surface area contributed by atoms with Gasteiger partial charge in [-0.05, 0) is 75.8 Å². The molecule has 0 radical (unpaired) electrons. The van der Waals surface area contributed by atoms with Gasteiger partial charge in [-0.25, -0.2) is 18.4 Å². The molecule has 2 saturated carbocycles. The van der Waals surface area contributed by atoms with Crippen LogP contribution in [0.15, 0.2) is 35.7 Å². The Kier molecular flexibility index (Phi) is 11.5. The number of fused-ring (bicyclic) bond motifs is 3. The summed E-state index contributed by atoms with van der Waals surface area (Å²) in [5, 5.41) is 5.87. The number of hydrogen-bond acceptors (Lipinski definition) is 11. The van der Waals surface area contributed by atoms with Crippen LogP contribution >= 0.6 is 11.3 Å². The van der Waals surface area contributed by atoms with Crippen molar-refractivity contribution in [1.29, 1.82) is 0 Å². The molecule has 3 aromatic rings. The van der Waals surface area contributed by atoms with Crippen LogP contribution in [0.3, 0.4) is 0 Å². The van der Waals surface area contributed by atoms with E-state index in [1.165, 1.54) is 16.2 Å². The summed E-state index contributed by atoms with van der Waals surface area (Å²) in [5.74, 6) is -0.398. The van der Waals surface area contributed by atoms with Crippen LogP contribution in [-0.4, -0.2) is 90.3 Å². The average molecular weight is 808 g/mol. The highest BCUT2D eigenvalue weighted by atomic mass is 32.2. The van der Waals surface area contributed by atoms with Gasteiger partial charge in [0, 0.05) is 41.3 Å². The highest BCUT2D eigenvalue weighted by Gasteiger charge is 2.62. The molecule has 1 aromatic carbocycles. The number of thiazole rings is 1. The van der Waals surface area contributed by atoms with Crippen LogP contribution in [-0.2, 0) is 29.1 Å². The maximum atomic E-state index is 14.5. The number of hydrogen-bond donors (Lipinski definition) is 2. The number of carbonyl (C=O) groups is 3. The second kappa shape index (κ2) is 16.0. The molecule has 302 valence electrons. The minimum atomic E-state index is -3.86. The predicted molar refractivity (Wildman–Crippen MR) is 214 cm³/mol. The van der Waals surface area contributed by atoms with E-state index in [4.69, 9.17) is 24.2 Å². The van der Waals surface area contributed by atoms with Gasteiger partial charge in [-0.15, -0.1) is 11.3 Å². The Balaban J connectivity index is 1.24. The molecular formula is C41H53N5O8S2. The van der Waals surface area contributed by atoms with E-state index < -0.39 is 56.8 Å². The normalized spacial score (nSPS) is 26.0. The van der Waals surface area contributed by atoms with Gasteiger partial charge in [0.2, 0.25) is 15.9 Å². The van der Waals surface area contributed by atoms with Crippen molar-refractivity contribution in [2.45, 2.75) is 121 Å². The average Bonchev–Trinajstić information content (AvgIpc) is 4.03. The summed E-state index contributed by atoms with van der Waals surface area (Å²) in [6.45, 7) is 10.7. The first-order chi connectivity index (χ1) is 26.7. The Bertz CT molecular complexity index is 2130. The number of aryl methyl sites for hydroxylation is 1. The molecule has 0 spiro atoms. The maximum absolute atomic E-state index is 14.5. The first-order valence-corrected chi connectivity index (χ1v) is 22.2. The number of pyridine rings is 1. The molecule has 1 saturated heterocycles. The van der Waals surface area contributed by atoms with Gasteiger partial charge in [-0.3, -0.25) is 19.1 Å². The summed E-state index contributed by atoms with van der Waals surface area (Å²) < 4.78 is 46.7. The van der Waals surface area contributed by atoms with Gasteiger partial charge < -0.3 is 24.4 Å². The molecule has 4 heterocycles. The lowest BCUT2D eigenvalue weighted by molar-refractivity contribution is -0.149. The van der Waals surface area contributed by atoms with Crippen LogP contribution in [0.4, 0.5) is 0 Å². The van der Waals surface area contributed by atoms with Crippen molar-refractivity contribution in [2.24, 2.45) is 11.8 Å². The number of nitrogens with one attached hydrogen (secondary N) is 2. The number of amides is 3. The number of benzene rings is 1. The lowest BCUT2D eigenvalue weighted by Gasteiger charge is -2.30. The Hall–Kier alpha value is -4.08. The molecule has 0 bridgehead atoms. The Morgan fingerprint density at radius 1 is 1.14 bits per heavy atom. The number of sulfonamides is 1. The van der Waals surface area contributed by atoms with E-state index in [9.17, 15) is 22.8 Å². The van der Waals surface area contributed by atoms with Crippen molar-refractivity contribution < 1.29 is 37.0 Å². The molecule has 15 heteroatoms. The van der Waals surface area contributed by atoms with Crippen LogP contribution in [0.25, 0.3) is 21.6 Å². The predicted octanol–water partition coefficient (Wildman–Crippen LogP) is 5.80. The van der Waals surface area contributed by atoms with Crippen molar-refractivity contribution in [3.05, 3.63) is 47.0 Å². The number of allylic oxidation sites excluding steroid dienone is 1. The third-order valence-electron chi connectivity index (χ3n) is 11.2. The summed E-state index contributed by atoms with van der Waals surface area (Å²) in [7, 11) is -2.25. The maximum Gasteiger partial charge on any atom is 0.259 e. The SMILES string of the molecule is COc1ccc2c(OC3CC4C(=O)NC5(C(=O)NS(=O)(=O)C6CC6)CC5C=CCCCCOC(CC(C)C)C(=O)N4C3)cc(-c3nc(C(C)C)cs3)nc2c1C. The molecule has 2 N–H and O–H groups in total. The van der Waals surface area contributed by atoms with Crippen LogP contribution in [0.1, 0.15) is 96.2 Å². The van der Waals surface area contributed by atoms with Gasteiger partial charge in [0.25, 0.3) is 11.8 Å². The van der Waals surface area contributed by atoms with Crippen LogP contribution in [0.5, 0.6) is 11.5 Å². The molecule has 2 aliphatic carbocycles. The summed E-state index contributed by atoms with van der Waals surface area (Å²) >= 11 is 1.50. The molecule has 3 fully saturated rings. The topological polar surface area (TPSA) is 166 Å². The second-order valence-electron chi connectivity index (χ2n) is 16.4. The summed E-state index contributed by atoms with van der Waals surface area (Å²) in [6.07, 6.45) is 6.58. The summed E-state index contributed by atoms with van der Waals surface area (Å²) in [4.78, 5) is 54.2. The largest absolute Gasteiger partial charge is 0.496 e. The minimum Gasteiger partial charge on any atom is -0.496 e. The quantitative estimate of drug-likeness (QED) is 0.239. The monoisotopic (exact) mass is 807 g/mol. The van der Waals surface area contributed by atoms with E-state index in [1.54, 1.807) is 7.11 Å². The van der Waals surface area contributed by atoms with Gasteiger partial charge in [0.15, 0.2) is 0 Å². The fourth-order valence-electron chi connectivity index (χ4n) is 7.70. The molecule has 7 rings (SSSR count). The van der Waals surface area contributed by atoms with Gasteiger partial charge in [0.05, 0.1) is 30.1 Å². The number of ether oxygens (including phenoxy) is 3. The van der Waals surface area contributed by atoms with Gasteiger partial charge in [-0.1, -0.05) is 39.8 Å². The van der Waals surface area contributed by atoms with E-state index in [1.807, 2.05) is 56.5 Å². The number of methoxy groups -OCH3 is 1. The Morgan fingerprint density at radius 3 is 2.62 bits per heavy atom. The Labute approximate surface area is 333 Å². The van der Waals surface area contributed by atoms with Crippen molar-refractivity contribution in [3.8, 4) is 22.2 Å². The van der Waals surface area contributed by atoms with E-state index in [-0.39, 0.29) is 37.1 Å². The number of nitrogens with zero attached hydrogens (tertiary/aromatic N) is 3. The molecule has 3 amide bonds. The Morgan fingerprint density at radius 2 is 1.93 bits per heavy atom. The number of carbonyl (C=O) groups excluding carboxylic acids is 3. The molecule has 5 atom stereocenters. The fourth-order valence-corrected chi connectivity index (χ4v) is 10.0. The van der Waals surface area contributed by atoms with E-state index in [0.29, 0.717) is 48.6 Å². The molecule has 56 heavy (non-hydrogen) atoms. The van der Waals surface area contributed by atoms with Gasteiger partial charge in [0.1, 0.15) is 46.0 Å². The molecule has 5 unspecified atom stereocenters. The van der Waals surface area contributed by atoms with E-state index >= 15 is 0 Å². The first-order valence-electron chi connectivity index (χ1n) is 19.8. The van der Waals surface area contributed by atoms with Crippen molar-refractivity contribution in [3.63, 3.8) is 0 Å². The zero-order chi connectivity index (χ0) is 39.9. The second-order valence-corrected chi connectivity index (χ2v) is 19.2. The zero-order valence-electron chi connectivity index (χ0n) is 33.0. The number of aromatic nitrogens is 2. The smallest absolute Gasteiger partial charge is 0.259 e. The molecule has 13 nitrogen and oxygen atoms in total. The van der Waals surface area contributed by atoms with Crippen molar-refractivity contribution >= 4 is 50.0 Å². The van der Waals surface area contributed by atoms with Gasteiger partial charge in [-0.2, -0.15) is 0 Å². The molecular weight excluding hydrogens is 755 g/mol. The number of rotatable bonds is 10. The van der Waals surface area contributed by atoms with Crippen molar-refractivity contribution in [1.82, 2.24) is 24.9 Å². The minimum absolute atomic E-state index is 0.0937. The lowest BCUT2D eigenvalue weighted by atomic mass is 10.0. The van der Waals surface area contributed by atoms with Gasteiger partial charge >= 0.3 is 0 Å². The lowest BCUT2D eigenvalue weighted by Crippen LogP contribution is -2.57. The third-order valence-corrected chi connectivity index (χ3v) is 13.9. The van der Waals surface area contributed by atoms with Crippen LogP contribution < -0.4 is 19.5 Å². The zero-order valence-corrected chi connectivity index (χ0v) is 34.6. The fraction of sp³-hybridized carbons (Fsp3) is 0.585. The standard InChI is InChI=1S/C41H53N5O8S2/c1-23(2)17-35-39(48)46-21-27(54-34-19-30(38-43-31(22-55-38)24(3)4)42-36-25(5)33(52-6)15-14-29(34)36)18-32(46)37(47)44-41(40(49)45-56(50,51)28-12-13-28)20-26(41)11-9-7-8-10-16-53-35/h9,11,14-15,19,22-24,26-28,32,35H,7-8,10,12-13,16-18,20-21H2,1-6H3,(H,44,47)(H,45,49). The first kappa shape index (κ1) is 40.1. The highest BCUT2D eigenvalue weighted by molar-refractivity contribution is 7.91.